The lowest BCUT2D eigenvalue weighted by Gasteiger charge is -2.07. The van der Waals surface area contributed by atoms with Crippen molar-refractivity contribution in [3.05, 3.63) is 54.2 Å². The van der Waals surface area contributed by atoms with Gasteiger partial charge in [-0.25, -0.2) is 9.97 Å². The van der Waals surface area contributed by atoms with E-state index in [0.29, 0.717) is 23.6 Å². The smallest absolute Gasteiger partial charge is 0.222 e. The normalized spacial score (nSPS) is 11.3. The fourth-order valence-electron chi connectivity index (χ4n) is 2.80. The molecule has 0 aliphatic heterocycles. The van der Waals surface area contributed by atoms with Crippen molar-refractivity contribution in [2.45, 2.75) is 6.54 Å². The van der Waals surface area contributed by atoms with Crippen molar-refractivity contribution in [2.24, 2.45) is 0 Å². The molecular weight excluding hydrogens is 295 g/mol. The van der Waals surface area contributed by atoms with Gasteiger partial charge in [-0.2, -0.15) is 9.37 Å². The summed E-state index contributed by atoms with van der Waals surface area (Å²) in [6.07, 6.45) is 1.91. The van der Waals surface area contributed by atoms with Gasteiger partial charge in [0.1, 0.15) is 5.82 Å². The van der Waals surface area contributed by atoms with Gasteiger partial charge in [-0.15, -0.1) is 0 Å². The number of anilines is 2. The van der Waals surface area contributed by atoms with Crippen molar-refractivity contribution in [1.82, 2.24) is 19.5 Å². The van der Waals surface area contributed by atoms with Gasteiger partial charge >= 0.3 is 0 Å². The van der Waals surface area contributed by atoms with Crippen LogP contribution in [0.3, 0.4) is 0 Å². The monoisotopic (exact) mass is 308 g/mol. The number of nitrogens with zero attached hydrogens (tertiary/aromatic N) is 4. The molecule has 3 aromatic heterocycles. The molecule has 0 aliphatic rings. The van der Waals surface area contributed by atoms with Crippen molar-refractivity contribution >= 4 is 33.6 Å². The van der Waals surface area contributed by atoms with Gasteiger partial charge in [-0.1, -0.05) is 6.07 Å². The van der Waals surface area contributed by atoms with Crippen molar-refractivity contribution in [3.63, 3.8) is 0 Å². The van der Waals surface area contributed by atoms with E-state index >= 15 is 0 Å². The van der Waals surface area contributed by atoms with Crippen LogP contribution in [0.4, 0.5) is 16.2 Å². The largest absolute Gasteiger partial charge is 0.383 e. The predicted molar refractivity (Wildman–Crippen MR) is 87.2 cm³/mol. The summed E-state index contributed by atoms with van der Waals surface area (Å²) >= 11 is 0. The molecule has 0 spiro atoms. The van der Waals surface area contributed by atoms with Crippen LogP contribution in [-0.2, 0) is 6.54 Å². The van der Waals surface area contributed by atoms with Crippen LogP contribution < -0.4 is 11.5 Å². The van der Waals surface area contributed by atoms with Crippen molar-refractivity contribution in [3.8, 4) is 0 Å². The van der Waals surface area contributed by atoms with Gasteiger partial charge in [0.15, 0.2) is 0 Å². The van der Waals surface area contributed by atoms with Crippen LogP contribution in [0.15, 0.2) is 42.6 Å². The molecule has 3 heterocycles. The molecule has 0 atom stereocenters. The molecule has 6 nitrogen and oxygen atoms in total. The average Bonchev–Trinajstić information content (AvgIpc) is 2.89. The van der Waals surface area contributed by atoms with Gasteiger partial charge < -0.3 is 16.0 Å². The van der Waals surface area contributed by atoms with E-state index in [0.717, 1.165) is 16.3 Å². The number of hydrogen-bond donors (Lipinski definition) is 2. The number of benzene rings is 1. The van der Waals surface area contributed by atoms with Crippen LogP contribution in [0.2, 0.25) is 0 Å². The van der Waals surface area contributed by atoms with Crippen LogP contribution >= 0.6 is 0 Å². The second-order valence-corrected chi connectivity index (χ2v) is 5.25. The van der Waals surface area contributed by atoms with Crippen LogP contribution in [0.5, 0.6) is 0 Å². The fourth-order valence-corrected chi connectivity index (χ4v) is 2.80. The zero-order valence-electron chi connectivity index (χ0n) is 12.1. The first kappa shape index (κ1) is 13.4. The SMILES string of the molecule is Nc1nc(N)c2c(ccc3c2ccn3Cc2cccc(F)n2)n1. The quantitative estimate of drug-likeness (QED) is 0.554. The Morgan fingerprint density at radius 2 is 1.87 bits per heavy atom. The standard InChI is InChI=1S/C16H13FN6/c17-13-3-1-2-9(20-13)8-23-7-6-10-12(23)5-4-11-14(10)15(18)22-16(19)21-11/h1-7H,8H2,(H4,18,19,21,22). The second-order valence-electron chi connectivity index (χ2n) is 5.25. The molecule has 0 saturated heterocycles. The molecule has 0 bridgehead atoms. The minimum Gasteiger partial charge on any atom is -0.383 e. The summed E-state index contributed by atoms with van der Waals surface area (Å²) in [5.74, 6) is 0.00926. The molecule has 0 unspecified atom stereocenters. The van der Waals surface area contributed by atoms with Gasteiger partial charge in [0.2, 0.25) is 11.9 Å². The van der Waals surface area contributed by atoms with E-state index in [2.05, 4.69) is 15.0 Å². The maximum absolute atomic E-state index is 13.2. The van der Waals surface area contributed by atoms with Crippen molar-refractivity contribution < 1.29 is 4.39 Å². The molecule has 4 aromatic rings. The molecular formula is C16H13FN6. The Morgan fingerprint density at radius 1 is 1.00 bits per heavy atom. The molecule has 7 heteroatoms. The van der Waals surface area contributed by atoms with Crippen LogP contribution in [0.1, 0.15) is 5.69 Å². The number of nitrogens with two attached hydrogens (primary N) is 2. The summed E-state index contributed by atoms with van der Waals surface area (Å²) in [5.41, 5.74) is 13.9. The lowest BCUT2D eigenvalue weighted by Crippen LogP contribution is -2.02. The minimum absolute atomic E-state index is 0.151. The van der Waals surface area contributed by atoms with E-state index in [1.807, 2.05) is 29.0 Å². The van der Waals surface area contributed by atoms with Crippen LogP contribution in [0, 0.1) is 5.95 Å². The lowest BCUT2D eigenvalue weighted by atomic mass is 10.1. The summed E-state index contributed by atoms with van der Waals surface area (Å²) in [7, 11) is 0. The number of nitrogen functional groups attached to an aromatic ring is 2. The molecule has 23 heavy (non-hydrogen) atoms. The molecule has 0 radical (unpaired) electrons. The summed E-state index contributed by atoms with van der Waals surface area (Å²) in [6.45, 7) is 0.461. The first-order valence-electron chi connectivity index (χ1n) is 7.04. The second kappa shape index (κ2) is 4.91. The molecule has 0 saturated carbocycles. The Morgan fingerprint density at radius 3 is 2.70 bits per heavy atom. The molecule has 4 rings (SSSR count). The zero-order chi connectivity index (χ0) is 16.0. The highest BCUT2D eigenvalue weighted by Gasteiger charge is 2.11. The number of pyridine rings is 1. The number of rotatable bonds is 2. The predicted octanol–water partition coefficient (Wildman–Crippen LogP) is 2.33. The summed E-state index contributed by atoms with van der Waals surface area (Å²) in [5, 5.41) is 1.69. The van der Waals surface area contributed by atoms with Gasteiger partial charge in [-0.05, 0) is 30.3 Å². The first-order valence-corrected chi connectivity index (χ1v) is 7.04. The number of hydrogen-bond acceptors (Lipinski definition) is 5. The van der Waals surface area contributed by atoms with Crippen LogP contribution in [0.25, 0.3) is 21.8 Å². The molecule has 114 valence electrons. The Bertz CT molecular complexity index is 1040. The highest BCUT2D eigenvalue weighted by molar-refractivity contribution is 6.10. The Hall–Kier alpha value is -3.22. The minimum atomic E-state index is -0.488. The fraction of sp³-hybridized carbons (Fsp3) is 0.0625. The van der Waals surface area contributed by atoms with E-state index in [-0.39, 0.29) is 5.95 Å². The number of halogens is 1. The number of fused-ring (bicyclic) bond motifs is 3. The Labute approximate surface area is 130 Å². The Kier molecular flexibility index (Phi) is 2.87. The van der Waals surface area contributed by atoms with E-state index in [4.69, 9.17) is 11.5 Å². The highest BCUT2D eigenvalue weighted by Crippen LogP contribution is 2.29. The third kappa shape index (κ3) is 2.22. The maximum Gasteiger partial charge on any atom is 0.222 e. The summed E-state index contributed by atoms with van der Waals surface area (Å²) in [6, 6.07) is 10.5. The zero-order valence-corrected chi connectivity index (χ0v) is 12.1. The van der Waals surface area contributed by atoms with Crippen LogP contribution in [-0.4, -0.2) is 19.5 Å². The molecule has 0 amide bonds. The molecule has 1 aromatic carbocycles. The molecule has 4 N–H and O–H groups in total. The van der Waals surface area contributed by atoms with Gasteiger partial charge in [0.25, 0.3) is 0 Å². The molecule has 0 fully saturated rings. The van der Waals surface area contributed by atoms with Crippen molar-refractivity contribution in [2.75, 3.05) is 11.5 Å². The highest BCUT2D eigenvalue weighted by atomic mass is 19.1. The van der Waals surface area contributed by atoms with E-state index in [1.165, 1.54) is 6.07 Å². The maximum atomic E-state index is 13.2. The summed E-state index contributed by atoms with van der Waals surface area (Å²) in [4.78, 5) is 12.1. The third-order valence-electron chi connectivity index (χ3n) is 3.76. The van der Waals surface area contributed by atoms with Gasteiger partial charge in [0, 0.05) is 17.1 Å². The topological polar surface area (TPSA) is 95.6 Å². The van der Waals surface area contributed by atoms with Gasteiger partial charge in [0.05, 0.1) is 23.1 Å². The Balaban J connectivity index is 1.88. The van der Waals surface area contributed by atoms with E-state index in [1.54, 1.807) is 12.1 Å². The summed E-state index contributed by atoms with van der Waals surface area (Å²) < 4.78 is 15.2. The van der Waals surface area contributed by atoms with E-state index in [9.17, 15) is 4.39 Å². The van der Waals surface area contributed by atoms with E-state index < -0.39 is 5.95 Å². The number of aromatic nitrogens is 4. The average molecular weight is 308 g/mol. The van der Waals surface area contributed by atoms with Gasteiger partial charge in [-0.3, -0.25) is 0 Å². The first-order chi connectivity index (χ1) is 11.1. The third-order valence-corrected chi connectivity index (χ3v) is 3.76. The lowest BCUT2D eigenvalue weighted by molar-refractivity contribution is 0.573. The van der Waals surface area contributed by atoms with Crippen molar-refractivity contribution in [1.29, 1.82) is 0 Å². The molecule has 0 aliphatic carbocycles.